The molecule has 0 atom stereocenters. The molecular weight excluding hydrogens is 375 g/mol. The van der Waals surface area contributed by atoms with Gasteiger partial charge in [-0.25, -0.2) is 15.0 Å². The van der Waals surface area contributed by atoms with Crippen molar-refractivity contribution < 1.29 is 0 Å². The standard InChI is InChI=1S/C13H14ClIN4/c1-19-7-16-6-9(19)13-17-11(8-4-2-3-5-8)10(15)12(14)18-13/h6-8H,2-5H2,1H3. The lowest BCUT2D eigenvalue weighted by Crippen LogP contribution is -2.06. The topological polar surface area (TPSA) is 43.6 Å². The first kappa shape index (κ1) is 13.3. The summed E-state index contributed by atoms with van der Waals surface area (Å²) in [5.74, 6) is 1.20. The molecule has 4 nitrogen and oxygen atoms in total. The fourth-order valence-corrected chi connectivity index (χ4v) is 3.45. The highest BCUT2D eigenvalue weighted by Gasteiger charge is 2.24. The minimum atomic E-state index is 0.527. The highest BCUT2D eigenvalue weighted by atomic mass is 127. The van der Waals surface area contributed by atoms with Gasteiger partial charge in [0.15, 0.2) is 5.82 Å². The summed E-state index contributed by atoms with van der Waals surface area (Å²) in [5, 5.41) is 0.550. The van der Waals surface area contributed by atoms with Crippen molar-refractivity contribution in [2.75, 3.05) is 0 Å². The predicted octanol–water partition coefficient (Wildman–Crippen LogP) is 3.79. The van der Waals surface area contributed by atoms with Crippen LogP contribution in [0, 0.1) is 3.57 Å². The van der Waals surface area contributed by atoms with E-state index in [1.54, 1.807) is 12.5 Å². The normalized spacial score (nSPS) is 16.2. The van der Waals surface area contributed by atoms with Crippen LogP contribution in [0.1, 0.15) is 37.3 Å². The zero-order valence-corrected chi connectivity index (χ0v) is 13.5. The summed E-state index contributed by atoms with van der Waals surface area (Å²) in [5.41, 5.74) is 2.01. The average Bonchev–Trinajstić information content (AvgIpc) is 3.03. The molecule has 0 amide bonds. The first-order chi connectivity index (χ1) is 9.16. The maximum absolute atomic E-state index is 6.28. The molecule has 3 rings (SSSR count). The number of aryl methyl sites for hydroxylation is 1. The molecule has 0 saturated heterocycles. The molecule has 0 bridgehead atoms. The number of imidazole rings is 1. The van der Waals surface area contributed by atoms with Gasteiger partial charge in [0.25, 0.3) is 0 Å². The zero-order valence-electron chi connectivity index (χ0n) is 10.6. The van der Waals surface area contributed by atoms with Gasteiger partial charge in [0.2, 0.25) is 0 Å². The monoisotopic (exact) mass is 388 g/mol. The first-order valence-electron chi connectivity index (χ1n) is 6.36. The summed E-state index contributed by atoms with van der Waals surface area (Å²) in [7, 11) is 1.94. The minimum absolute atomic E-state index is 0.527. The Morgan fingerprint density at radius 3 is 2.68 bits per heavy atom. The molecule has 2 aromatic rings. The van der Waals surface area contributed by atoms with Gasteiger partial charge in [-0.2, -0.15) is 0 Å². The first-order valence-corrected chi connectivity index (χ1v) is 7.82. The fourth-order valence-electron chi connectivity index (χ4n) is 2.59. The van der Waals surface area contributed by atoms with Crippen LogP contribution in [0.4, 0.5) is 0 Å². The third kappa shape index (κ3) is 2.50. The number of aromatic nitrogens is 4. The Morgan fingerprint density at radius 2 is 2.05 bits per heavy atom. The van der Waals surface area contributed by atoms with E-state index in [2.05, 4.69) is 32.6 Å². The van der Waals surface area contributed by atoms with Gasteiger partial charge in [0, 0.05) is 13.0 Å². The van der Waals surface area contributed by atoms with Gasteiger partial charge in [0.05, 0.1) is 21.8 Å². The molecule has 2 heterocycles. The smallest absolute Gasteiger partial charge is 0.179 e. The summed E-state index contributed by atoms with van der Waals surface area (Å²) in [6.45, 7) is 0. The molecule has 100 valence electrons. The highest BCUT2D eigenvalue weighted by Crippen LogP contribution is 2.37. The van der Waals surface area contributed by atoms with Crippen molar-refractivity contribution in [1.82, 2.24) is 19.5 Å². The third-order valence-electron chi connectivity index (χ3n) is 3.62. The molecule has 1 fully saturated rings. The molecule has 6 heteroatoms. The number of hydrogen-bond acceptors (Lipinski definition) is 3. The minimum Gasteiger partial charge on any atom is -0.331 e. The van der Waals surface area contributed by atoms with Gasteiger partial charge in [-0.05, 0) is 35.4 Å². The summed E-state index contributed by atoms with van der Waals surface area (Å²) in [6, 6.07) is 0. The molecule has 0 N–H and O–H groups in total. The second-order valence-electron chi connectivity index (χ2n) is 4.91. The molecule has 19 heavy (non-hydrogen) atoms. The van der Waals surface area contributed by atoms with Gasteiger partial charge < -0.3 is 4.57 Å². The molecule has 0 aromatic carbocycles. The van der Waals surface area contributed by atoms with Gasteiger partial charge in [0.1, 0.15) is 10.8 Å². The Labute approximate surface area is 130 Å². The van der Waals surface area contributed by atoms with Crippen molar-refractivity contribution >= 4 is 34.2 Å². The van der Waals surface area contributed by atoms with Crippen molar-refractivity contribution in [2.45, 2.75) is 31.6 Å². The van der Waals surface area contributed by atoms with E-state index in [4.69, 9.17) is 16.6 Å². The molecule has 0 spiro atoms. The maximum Gasteiger partial charge on any atom is 0.179 e. The van der Waals surface area contributed by atoms with Gasteiger partial charge in [-0.15, -0.1) is 0 Å². The van der Waals surface area contributed by atoms with Crippen molar-refractivity contribution in [3.8, 4) is 11.5 Å². The second-order valence-corrected chi connectivity index (χ2v) is 6.35. The molecule has 1 aliphatic carbocycles. The van der Waals surface area contributed by atoms with Crippen LogP contribution in [-0.2, 0) is 7.05 Å². The number of nitrogens with zero attached hydrogens (tertiary/aromatic N) is 4. The van der Waals surface area contributed by atoms with Gasteiger partial charge in [-0.1, -0.05) is 24.4 Å². The lowest BCUT2D eigenvalue weighted by atomic mass is 10.0. The van der Waals surface area contributed by atoms with Crippen LogP contribution in [-0.4, -0.2) is 19.5 Å². The Bertz CT molecular complexity index is 605. The molecule has 0 aliphatic heterocycles. The van der Waals surface area contributed by atoms with Crippen molar-refractivity contribution in [3.63, 3.8) is 0 Å². The van der Waals surface area contributed by atoms with Crippen LogP contribution in [0.15, 0.2) is 12.5 Å². The van der Waals surface area contributed by atoms with Crippen molar-refractivity contribution in [2.24, 2.45) is 7.05 Å². The van der Waals surface area contributed by atoms with Crippen LogP contribution in [0.3, 0.4) is 0 Å². The van der Waals surface area contributed by atoms with E-state index in [1.807, 2.05) is 11.6 Å². The summed E-state index contributed by atoms with van der Waals surface area (Å²) >= 11 is 8.54. The summed E-state index contributed by atoms with van der Waals surface area (Å²) in [6.07, 6.45) is 8.49. The zero-order chi connectivity index (χ0) is 13.4. The van der Waals surface area contributed by atoms with Gasteiger partial charge in [-0.3, -0.25) is 0 Å². The fraction of sp³-hybridized carbons (Fsp3) is 0.462. The maximum atomic E-state index is 6.28. The van der Waals surface area contributed by atoms with Crippen molar-refractivity contribution in [3.05, 3.63) is 26.9 Å². The number of rotatable bonds is 2. The lowest BCUT2D eigenvalue weighted by molar-refractivity contribution is 0.689. The lowest BCUT2D eigenvalue weighted by Gasteiger charge is -2.13. The molecule has 2 aromatic heterocycles. The van der Waals surface area contributed by atoms with Gasteiger partial charge >= 0.3 is 0 Å². The Hall–Kier alpha value is -0.690. The van der Waals surface area contributed by atoms with E-state index < -0.39 is 0 Å². The Morgan fingerprint density at radius 1 is 1.32 bits per heavy atom. The van der Waals surface area contributed by atoms with E-state index in [1.165, 1.54) is 25.7 Å². The van der Waals surface area contributed by atoms with Crippen molar-refractivity contribution in [1.29, 1.82) is 0 Å². The van der Waals surface area contributed by atoms with Crippen LogP contribution in [0.2, 0.25) is 5.15 Å². The SMILES string of the molecule is Cn1cncc1-c1nc(Cl)c(I)c(C2CCCC2)n1. The van der Waals surface area contributed by atoms with Crippen LogP contribution in [0.25, 0.3) is 11.5 Å². The Kier molecular flexibility index (Phi) is 3.75. The average molecular weight is 389 g/mol. The summed E-state index contributed by atoms with van der Waals surface area (Å²) in [4.78, 5) is 13.3. The molecular formula is C13H14ClIN4. The highest BCUT2D eigenvalue weighted by molar-refractivity contribution is 14.1. The van der Waals surface area contributed by atoms with E-state index >= 15 is 0 Å². The largest absolute Gasteiger partial charge is 0.331 e. The van der Waals surface area contributed by atoms with E-state index in [0.29, 0.717) is 16.9 Å². The predicted molar refractivity (Wildman–Crippen MR) is 83.2 cm³/mol. The molecule has 0 radical (unpaired) electrons. The van der Waals surface area contributed by atoms with Crippen LogP contribution < -0.4 is 0 Å². The van der Waals surface area contributed by atoms with Crippen LogP contribution >= 0.6 is 34.2 Å². The molecule has 1 aliphatic rings. The second kappa shape index (κ2) is 5.36. The number of hydrogen-bond donors (Lipinski definition) is 0. The molecule has 0 unspecified atom stereocenters. The quantitative estimate of drug-likeness (QED) is 0.581. The molecule has 1 saturated carbocycles. The third-order valence-corrected chi connectivity index (χ3v) is 5.28. The summed E-state index contributed by atoms with van der Waals surface area (Å²) < 4.78 is 2.91. The van der Waals surface area contributed by atoms with E-state index in [0.717, 1.165) is 15.0 Å². The number of halogens is 2. The van der Waals surface area contributed by atoms with E-state index in [9.17, 15) is 0 Å². The Balaban J connectivity index is 2.10. The van der Waals surface area contributed by atoms with Crippen LogP contribution in [0.5, 0.6) is 0 Å². The van der Waals surface area contributed by atoms with E-state index in [-0.39, 0.29) is 0 Å².